The Morgan fingerprint density at radius 2 is 1.74 bits per heavy atom. The molecular weight excluding hydrogens is 360 g/mol. The van der Waals surface area contributed by atoms with E-state index in [0.29, 0.717) is 17.6 Å². The Hall–Kier alpha value is -2.08. The molecule has 0 radical (unpaired) electrons. The zero-order valence-corrected chi connectivity index (χ0v) is 16.7. The summed E-state index contributed by atoms with van der Waals surface area (Å²) in [5, 5.41) is 6.60. The summed E-state index contributed by atoms with van der Waals surface area (Å²) in [6.45, 7) is 7.03. The Morgan fingerprint density at radius 3 is 2.44 bits per heavy atom. The van der Waals surface area contributed by atoms with Crippen molar-refractivity contribution in [3.05, 3.63) is 53.6 Å². The Labute approximate surface area is 166 Å². The number of hydrogen-bond donors (Lipinski definition) is 2. The van der Waals surface area contributed by atoms with Gasteiger partial charge in [0.05, 0.1) is 0 Å². The average molecular weight is 387 g/mol. The fraction of sp³-hybridized carbons (Fsp3) is 0.381. The van der Waals surface area contributed by atoms with E-state index in [0.717, 1.165) is 43.0 Å². The molecule has 2 amide bonds. The number of halogens is 1. The van der Waals surface area contributed by atoms with Crippen molar-refractivity contribution >= 4 is 23.3 Å². The maximum atomic E-state index is 12.3. The lowest BCUT2D eigenvalue weighted by molar-refractivity contribution is 0.119. The van der Waals surface area contributed by atoms with E-state index in [-0.39, 0.29) is 6.03 Å². The molecule has 0 aliphatic carbocycles. The summed E-state index contributed by atoms with van der Waals surface area (Å²) in [5.74, 6) is 0. The molecule has 1 atom stereocenters. The largest absolute Gasteiger partial charge is 0.336 e. The van der Waals surface area contributed by atoms with Crippen LogP contribution in [0.3, 0.4) is 0 Å². The van der Waals surface area contributed by atoms with Gasteiger partial charge in [-0.3, -0.25) is 4.90 Å². The normalized spacial score (nSPS) is 16.7. The Balaban J connectivity index is 1.53. The fourth-order valence-corrected chi connectivity index (χ4v) is 3.44. The Bertz CT molecular complexity index is 774. The summed E-state index contributed by atoms with van der Waals surface area (Å²) in [5.41, 5.74) is 2.80. The highest BCUT2D eigenvalue weighted by atomic mass is 35.5. The molecule has 27 heavy (non-hydrogen) atoms. The van der Waals surface area contributed by atoms with Crippen LogP contribution in [0.5, 0.6) is 0 Å². The van der Waals surface area contributed by atoms with Gasteiger partial charge in [0.1, 0.15) is 0 Å². The first kappa shape index (κ1) is 19.7. The second-order valence-corrected chi connectivity index (χ2v) is 7.55. The minimum atomic E-state index is -0.181. The summed E-state index contributed by atoms with van der Waals surface area (Å²) in [7, 11) is 2.14. The van der Waals surface area contributed by atoms with Crippen molar-refractivity contribution in [3.8, 4) is 11.1 Å². The van der Waals surface area contributed by atoms with Gasteiger partial charge >= 0.3 is 6.03 Å². The third kappa shape index (κ3) is 5.70. The molecule has 0 aromatic heterocycles. The monoisotopic (exact) mass is 386 g/mol. The van der Waals surface area contributed by atoms with Crippen molar-refractivity contribution < 1.29 is 4.79 Å². The number of urea groups is 1. The lowest BCUT2D eigenvalue weighted by atomic mass is 10.1. The van der Waals surface area contributed by atoms with Gasteiger partial charge in [-0.1, -0.05) is 35.9 Å². The number of hydrogen-bond acceptors (Lipinski definition) is 3. The summed E-state index contributed by atoms with van der Waals surface area (Å²) < 4.78 is 0. The first-order valence-corrected chi connectivity index (χ1v) is 9.72. The van der Waals surface area contributed by atoms with Crippen LogP contribution in [-0.2, 0) is 0 Å². The summed E-state index contributed by atoms with van der Waals surface area (Å²) in [6.07, 6.45) is 0. The minimum absolute atomic E-state index is 0.181. The van der Waals surface area contributed by atoms with Crippen LogP contribution in [-0.4, -0.2) is 61.6 Å². The molecule has 5 nitrogen and oxygen atoms in total. The van der Waals surface area contributed by atoms with E-state index in [4.69, 9.17) is 11.6 Å². The van der Waals surface area contributed by atoms with Crippen LogP contribution in [0, 0.1) is 0 Å². The molecular formula is C21H27ClN4O. The second-order valence-electron chi connectivity index (χ2n) is 7.11. The SMILES string of the molecule is C[C@@H](CNC(=O)Nc1cccc(-c2cccc(Cl)c2)c1)N1CCN(C)CC1. The first-order chi connectivity index (χ1) is 13.0. The number of likely N-dealkylation sites (N-methyl/N-ethyl adjacent to an activating group) is 1. The van der Waals surface area contributed by atoms with Gasteiger partial charge < -0.3 is 15.5 Å². The molecule has 1 fully saturated rings. The average Bonchev–Trinajstić information content (AvgIpc) is 2.67. The molecule has 1 aliphatic rings. The van der Waals surface area contributed by atoms with E-state index in [2.05, 4.69) is 34.4 Å². The molecule has 144 valence electrons. The predicted molar refractivity (Wildman–Crippen MR) is 112 cm³/mol. The second kappa shape index (κ2) is 9.22. The highest BCUT2D eigenvalue weighted by Gasteiger charge is 2.19. The quantitative estimate of drug-likeness (QED) is 0.822. The maximum Gasteiger partial charge on any atom is 0.319 e. The van der Waals surface area contributed by atoms with Crippen molar-refractivity contribution in [1.29, 1.82) is 0 Å². The fourth-order valence-electron chi connectivity index (χ4n) is 3.25. The zero-order chi connectivity index (χ0) is 19.2. The van der Waals surface area contributed by atoms with Gasteiger partial charge in [0, 0.05) is 49.5 Å². The van der Waals surface area contributed by atoms with Crippen molar-refractivity contribution in [2.45, 2.75) is 13.0 Å². The van der Waals surface area contributed by atoms with Crippen LogP contribution < -0.4 is 10.6 Å². The number of amides is 2. The Morgan fingerprint density at radius 1 is 1.07 bits per heavy atom. The van der Waals surface area contributed by atoms with Gasteiger partial charge in [-0.25, -0.2) is 4.79 Å². The highest BCUT2D eigenvalue weighted by Crippen LogP contribution is 2.25. The predicted octanol–water partition coefficient (Wildman–Crippen LogP) is 3.76. The van der Waals surface area contributed by atoms with Gasteiger partial charge in [0.25, 0.3) is 0 Å². The van der Waals surface area contributed by atoms with E-state index in [1.807, 2.05) is 48.5 Å². The molecule has 6 heteroatoms. The number of benzene rings is 2. The third-order valence-corrected chi connectivity index (χ3v) is 5.23. The molecule has 0 bridgehead atoms. The molecule has 2 aromatic rings. The number of piperazine rings is 1. The lowest BCUT2D eigenvalue weighted by Crippen LogP contribution is -2.51. The highest BCUT2D eigenvalue weighted by molar-refractivity contribution is 6.30. The third-order valence-electron chi connectivity index (χ3n) is 5.00. The van der Waals surface area contributed by atoms with E-state index in [9.17, 15) is 4.79 Å². The van der Waals surface area contributed by atoms with Crippen LogP contribution in [0.4, 0.5) is 10.5 Å². The minimum Gasteiger partial charge on any atom is -0.336 e. The molecule has 1 heterocycles. The number of carbonyl (C=O) groups excluding carboxylic acids is 1. The molecule has 2 aromatic carbocycles. The van der Waals surface area contributed by atoms with Crippen LogP contribution >= 0.6 is 11.6 Å². The van der Waals surface area contributed by atoms with E-state index in [1.54, 1.807) is 0 Å². The van der Waals surface area contributed by atoms with Crippen LogP contribution in [0.25, 0.3) is 11.1 Å². The van der Waals surface area contributed by atoms with Crippen molar-refractivity contribution in [3.63, 3.8) is 0 Å². The maximum absolute atomic E-state index is 12.3. The van der Waals surface area contributed by atoms with Crippen molar-refractivity contribution in [1.82, 2.24) is 15.1 Å². The Kier molecular flexibility index (Phi) is 6.72. The summed E-state index contributed by atoms with van der Waals surface area (Å²) in [6, 6.07) is 15.6. The molecule has 0 unspecified atom stereocenters. The van der Waals surface area contributed by atoms with Gasteiger partial charge in [-0.2, -0.15) is 0 Å². The van der Waals surface area contributed by atoms with Crippen LogP contribution in [0.1, 0.15) is 6.92 Å². The van der Waals surface area contributed by atoms with Crippen LogP contribution in [0.2, 0.25) is 5.02 Å². The molecule has 1 saturated heterocycles. The van der Waals surface area contributed by atoms with Crippen molar-refractivity contribution in [2.75, 3.05) is 45.1 Å². The zero-order valence-electron chi connectivity index (χ0n) is 15.9. The van der Waals surface area contributed by atoms with Crippen LogP contribution in [0.15, 0.2) is 48.5 Å². The summed E-state index contributed by atoms with van der Waals surface area (Å²) >= 11 is 6.08. The molecule has 0 spiro atoms. The molecule has 1 aliphatic heterocycles. The number of rotatable bonds is 5. The number of anilines is 1. The van der Waals surface area contributed by atoms with E-state index in [1.165, 1.54) is 0 Å². The number of nitrogens with zero attached hydrogens (tertiary/aromatic N) is 2. The first-order valence-electron chi connectivity index (χ1n) is 9.35. The summed E-state index contributed by atoms with van der Waals surface area (Å²) in [4.78, 5) is 17.0. The van der Waals surface area contributed by atoms with Gasteiger partial charge in [-0.15, -0.1) is 0 Å². The van der Waals surface area contributed by atoms with Gasteiger partial charge in [0.2, 0.25) is 0 Å². The standard InChI is InChI=1S/C21H27ClN4O/c1-16(26-11-9-25(2)10-12-26)15-23-21(27)24-20-8-4-6-18(14-20)17-5-3-7-19(22)13-17/h3-8,13-14,16H,9-12,15H2,1-2H3,(H2,23,24,27)/t16-/m0/s1. The molecule has 0 saturated carbocycles. The van der Waals surface area contributed by atoms with E-state index >= 15 is 0 Å². The van der Waals surface area contributed by atoms with Crippen molar-refractivity contribution in [2.24, 2.45) is 0 Å². The van der Waals surface area contributed by atoms with Gasteiger partial charge in [-0.05, 0) is 49.4 Å². The topological polar surface area (TPSA) is 47.6 Å². The van der Waals surface area contributed by atoms with E-state index < -0.39 is 0 Å². The number of carbonyl (C=O) groups is 1. The smallest absolute Gasteiger partial charge is 0.319 e. The molecule has 2 N–H and O–H groups in total. The molecule has 3 rings (SSSR count). The lowest BCUT2D eigenvalue weighted by Gasteiger charge is -2.36. The number of nitrogens with one attached hydrogen (secondary N) is 2. The van der Waals surface area contributed by atoms with Gasteiger partial charge in [0.15, 0.2) is 0 Å².